The van der Waals surface area contributed by atoms with Gasteiger partial charge in [0.15, 0.2) is 0 Å². The molecule has 1 amide bonds. The first-order valence-corrected chi connectivity index (χ1v) is 10.6. The average molecular weight is 402 g/mol. The standard InChI is InChI=1S/C22H31N3O4/c1-15-11-16(2)23-9-7-17-5-3-6-18(21(17)23)19-12-25(22(27)28)24(8-4-10-26)20(19)14-29-13-15/h13-14,16,26H,3-12H2,1-2H3,(H,27,28)/b15-13-,19-18-,20-14+. The van der Waals surface area contributed by atoms with Crippen LogP contribution in [0, 0.1) is 0 Å². The maximum absolute atomic E-state index is 12.0. The van der Waals surface area contributed by atoms with Gasteiger partial charge < -0.3 is 19.8 Å². The fraction of sp³-hybridized carbons (Fsp3) is 0.591. The van der Waals surface area contributed by atoms with E-state index >= 15 is 0 Å². The van der Waals surface area contributed by atoms with Gasteiger partial charge in [0.05, 0.1) is 18.5 Å². The second kappa shape index (κ2) is 8.14. The summed E-state index contributed by atoms with van der Waals surface area (Å²) >= 11 is 0. The Kier molecular flexibility index (Phi) is 5.58. The molecule has 0 aromatic rings. The lowest BCUT2D eigenvalue weighted by molar-refractivity contribution is 0.0436. The first kappa shape index (κ1) is 19.9. The zero-order chi connectivity index (χ0) is 20.5. The minimum atomic E-state index is -0.982. The van der Waals surface area contributed by atoms with Crippen LogP contribution in [0.4, 0.5) is 4.79 Å². The van der Waals surface area contributed by atoms with Gasteiger partial charge in [-0.3, -0.25) is 5.01 Å². The Morgan fingerprint density at radius 1 is 1.24 bits per heavy atom. The Morgan fingerprint density at radius 3 is 2.83 bits per heavy atom. The van der Waals surface area contributed by atoms with E-state index in [1.807, 2.05) is 0 Å². The van der Waals surface area contributed by atoms with Gasteiger partial charge in [-0.2, -0.15) is 0 Å². The molecule has 3 heterocycles. The molecule has 0 spiro atoms. The molecular formula is C22H31N3O4. The van der Waals surface area contributed by atoms with Crippen molar-refractivity contribution in [3.63, 3.8) is 0 Å². The van der Waals surface area contributed by atoms with Gasteiger partial charge in [-0.05, 0) is 69.1 Å². The van der Waals surface area contributed by atoms with Crippen molar-refractivity contribution in [3.05, 3.63) is 46.2 Å². The summed E-state index contributed by atoms with van der Waals surface area (Å²) < 4.78 is 5.82. The van der Waals surface area contributed by atoms with E-state index in [1.165, 1.54) is 27.4 Å². The molecule has 1 aliphatic carbocycles. The van der Waals surface area contributed by atoms with Crippen molar-refractivity contribution >= 4 is 6.09 Å². The van der Waals surface area contributed by atoms with E-state index in [2.05, 4.69) is 18.7 Å². The zero-order valence-electron chi connectivity index (χ0n) is 17.4. The average Bonchev–Trinajstić information content (AvgIpc) is 3.27. The summed E-state index contributed by atoms with van der Waals surface area (Å²) in [6.07, 6.45) is 8.23. The first-order chi connectivity index (χ1) is 14.0. The highest BCUT2D eigenvalue weighted by Gasteiger charge is 2.39. The molecule has 1 atom stereocenters. The number of hydrogen-bond donors (Lipinski definition) is 2. The number of hydrazine groups is 1. The van der Waals surface area contributed by atoms with Crippen molar-refractivity contribution in [2.75, 3.05) is 26.2 Å². The van der Waals surface area contributed by atoms with Crippen molar-refractivity contribution in [1.82, 2.24) is 14.9 Å². The molecule has 29 heavy (non-hydrogen) atoms. The predicted molar refractivity (Wildman–Crippen MR) is 109 cm³/mol. The number of fused-ring (bicyclic) bond motifs is 1. The van der Waals surface area contributed by atoms with E-state index in [0.29, 0.717) is 25.6 Å². The molecule has 7 heteroatoms. The van der Waals surface area contributed by atoms with Crippen LogP contribution in [0.15, 0.2) is 46.2 Å². The number of aliphatic hydroxyl groups excluding tert-OH is 1. The number of ether oxygens (including phenoxy) is 1. The molecule has 1 fully saturated rings. The van der Waals surface area contributed by atoms with Crippen molar-refractivity contribution in [1.29, 1.82) is 0 Å². The lowest BCUT2D eigenvalue weighted by atomic mass is 9.87. The molecule has 158 valence electrons. The first-order valence-electron chi connectivity index (χ1n) is 10.6. The fourth-order valence-electron chi connectivity index (χ4n) is 5.11. The van der Waals surface area contributed by atoms with Crippen molar-refractivity contribution < 1.29 is 19.7 Å². The molecule has 0 radical (unpaired) electrons. The maximum Gasteiger partial charge on any atom is 0.426 e. The highest BCUT2D eigenvalue weighted by molar-refractivity contribution is 5.68. The number of nitrogens with zero attached hydrogens (tertiary/aromatic N) is 3. The van der Waals surface area contributed by atoms with E-state index < -0.39 is 6.09 Å². The summed E-state index contributed by atoms with van der Waals surface area (Å²) in [5.41, 5.74) is 7.16. The van der Waals surface area contributed by atoms with Crippen LogP contribution in [0.3, 0.4) is 0 Å². The molecule has 2 N–H and O–H groups in total. The highest BCUT2D eigenvalue weighted by Crippen LogP contribution is 2.44. The van der Waals surface area contributed by atoms with Crippen LogP contribution in [-0.2, 0) is 4.74 Å². The number of allylic oxidation sites excluding steroid dienone is 1. The lowest BCUT2D eigenvalue weighted by Crippen LogP contribution is -2.40. The summed E-state index contributed by atoms with van der Waals surface area (Å²) in [5.74, 6) is 0. The van der Waals surface area contributed by atoms with Crippen LogP contribution in [-0.4, -0.2) is 63.5 Å². The quantitative estimate of drug-likeness (QED) is 0.753. The Bertz CT molecular complexity index is 811. The van der Waals surface area contributed by atoms with E-state index in [4.69, 9.17) is 4.74 Å². The molecule has 3 aliphatic heterocycles. The van der Waals surface area contributed by atoms with Gasteiger partial charge in [0.1, 0.15) is 6.26 Å². The minimum absolute atomic E-state index is 0.0175. The summed E-state index contributed by atoms with van der Waals surface area (Å²) in [6, 6.07) is 0.375. The van der Waals surface area contributed by atoms with E-state index in [9.17, 15) is 15.0 Å². The summed E-state index contributed by atoms with van der Waals surface area (Å²) in [6.45, 7) is 6.16. The topological polar surface area (TPSA) is 76.5 Å². The van der Waals surface area contributed by atoms with Gasteiger partial charge in [-0.15, -0.1) is 0 Å². The van der Waals surface area contributed by atoms with Crippen LogP contribution in [0.2, 0.25) is 0 Å². The fourth-order valence-corrected chi connectivity index (χ4v) is 5.11. The van der Waals surface area contributed by atoms with Crippen LogP contribution in [0.5, 0.6) is 0 Å². The third-order valence-electron chi connectivity index (χ3n) is 6.37. The van der Waals surface area contributed by atoms with Gasteiger partial charge in [-0.25, -0.2) is 9.80 Å². The second-order valence-corrected chi connectivity index (χ2v) is 8.40. The predicted octanol–water partition coefficient (Wildman–Crippen LogP) is 3.57. The normalized spacial score (nSPS) is 30.7. The number of aliphatic hydroxyl groups is 1. The Labute approximate surface area is 172 Å². The van der Waals surface area contributed by atoms with Crippen LogP contribution in [0.1, 0.15) is 52.4 Å². The number of amides is 1. The Morgan fingerprint density at radius 2 is 2.07 bits per heavy atom. The molecular weight excluding hydrogens is 370 g/mol. The van der Waals surface area contributed by atoms with Gasteiger partial charge in [0, 0.05) is 37.0 Å². The lowest BCUT2D eigenvalue weighted by Gasteiger charge is -2.33. The molecule has 4 aliphatic rings. The number of carbonyl (C=O) groups is 1. The molecule has 0 saturated carbocycles. The number of hydrogen-bond acceptors (Lipinski definition) is 5. The third kappa shape index (κ3) is 3.64. The van der Waals surface area contributed by atoms with Crippen LogP contribution < -0.4 is 0 Å². The van der Waals surface area contributed by atoms with Gasteiger partial charge in [0.25, 0.3) is 0 Å². The molecule has 1 saturated heterocycles. The minimum Gasteiger partial charge on any atom is -0.470 e. The number of rotatable bonds is 3. The third-order valence-corrected chi connectivity index (χ3v) is 6.37. The monoisotopic (exact) mass is 401 g/mol. The van der Waals surface area contributed by atoms with Gasteiger partial charge in [0.2, 0.25) is 0 Å². The van der Waals surface area contributed by atoms with E-state index in [0.717, 1.165) is 49.9 Å². The van der Waals surface area contributed by atoms with Gasteiger partial charge in [-0.1, -0.05) is 0 Å². The zero-order valence-corrected chi connectivity index (χ0v) is 17.4. The van der Waals surface area contributed by atoms with Crippen molar-refractivity contribution in [2.45, 2.75) is 58.4 Å². The molecule has 4 rings (SSSR count). The van der Waals surface area contributed by atoms with Crippen LogP contribution >= 0.6 is 0 Å². The Balaban J connectivity index is 1.86. The summed E-state index contributed by atoms with van der Waals surface area (Å²) in [5, 5.41) is 22.2. The van der Waals surface area contributed by atoms with Crippen LogP contribution in [0.25, 0.3) is 0 Å². The second-order valence-electron chi connectivity index (χ2n) is 8.40. The highest BCUT2D eigenvalue weighted by atomic mass is 16.5. The smallest absolute Gasteiger partial charge is 0.426 e. The molecule has 1 unspecified atom stereocenters. The summed E-state index contributed by atoms with van der Waals surface area (Å²) in [7, 11) is 0. The molecule has 0 aromatic heterocycles. The molecule has 0 bridgehead atoms. The largest absolute Gasteiger partial charge is 0.470 e. The van der Waals surface area contributed by atoms with E-state index in [-0.39, 0.29) is 6.61 Å². The van der Waals surface area contributed by atoms with E-state index in [1.54, 1.807) is 17.5 Å². The van der Waals surface area contributed by atoms with Crippen molar-refractivity contribution in [3.8, 4) is 0 Å². The summed E-state index contributed by atoms with van der Waals surface area (Å²) in [4.78, 5) is 14.5. The SMILES string of the molecule is C/C1=C/O/C=C2\C(=C3\CCCC4=C3N(CC4)C(C)C1)CN(C(=O)O)N2CCCO. The maximum atomic E-state index is 12.0. The van der Waals surface area contributed by atoms with Crippen molar-refractivity contribution in [2.24, 2.45) is 0 Å². The molecule has 0 aromatic carbocycles. The van der Waals surface area contributed by atoms with Gasteiger partial charge >= 0.3 is 6.09 Å². The molecule has 7 nitrogen and oxygen atoms in total. The number of carboxylic acid groups (broad SMARTS) is 1. The Hall–Kier alpha value is -2.41.